The van der Waals surface area contributed by atoms with Gasteiger partial charge in [-0.05, 0) is 41.7 Å². The molecule has 0 spiro atoms. The van der Waals surface area contributed by atoms with Crippen LogP contribution in [0.4, 0.5) is 4.79 Å². The predicted molar refractivity (Wildman–Crippen MR) is 141 cm³/mol. The Morgan fingerprint density at radius 2 is 1.46 bits per heavy atom. The molecular weight excluding hydrogens is 468 g/mol. The lowest BCUT2D eigenvalue weighted by molar-refractivity contribution is -0.143. The Bertz CT molecular complexity index is 1230. The van der Waals surface area contributed by atoms with Crippen LogP contribution in [-0.2, 0) is 20.9 Å². The monoisotopic (exact) mass is 500 g/mol. The molecule has 2 amide bonds. The van der Waals surface area contributed by atoms with E-state index in [9.17, 15) is 14.4 Å². The lowest BCUT2D eigenvalue weighted by Crippen LogP contribution is -2.47. The van der Waals surface area contributed by atoms with E-state index in [1.807, 2.05) is 54.6 Å². The molecule has 0 fully saturated rings. The number of hydrogen-bond acceptors (Lipinski definition) is 4. The highest BCUT2D eigenvalue weighted by Gasteiger charge is 2.34. The smallest absolute Gasteiger partial charge is 0.407 e. The van der Waals surface area contributed by atoms with Crippen molar-refractivity contribution < 1.29 is 24.2 Å². The summed E-state index contributed by atoms with van der Waals surface area (Å²) in [5.74, 6) is -1.26. The quantitative estimate of drug-likeness (QED) is 0.406. The number of ether oxygens (including phenoxy) is 1. The Kier molecular flexibility index (Phi) is 7.92. The van der Waals surface area contributed by atoms with E-state index in [0.29, 0.717) is 6.54 Å². The van der Waals surface area contributed by atoms with Gasteiger partial charge in [-0.25, -0.2) is 4.79 Å². The zero-order chi connectivity index (χ0) is 26.4. The van der Waals surface area contributed by atoms with Gasteiger partial charge in [-0.2, -0.15) is 0 Å². The average Bonchev–Trinajstić information content (AvgIpc) is 3.22. The van der Waals surface area contributed by atoms with E-state index < -0.39 is 17.5 Å². The topological polar surface area (TPSA) is 95.9 Å². The van der Waals surface area contributed by atoms with E-state index in [-0.39, 0.29) is 37.9 Å². The number of rotatable bonds is 10. The minimum absolute atomic E-state index is 0.0508. The van der Waals surface area contributed by atoms with Gasteiger partial charge in [-0.15, -0.1) is 0 Å². The van der Waals surface area contributed by atoms with Gasteiger partial charge in [0, 0.05) is 25.6 Å². The summed E-state index contributed by atoms with van der Waals surface area (Å²) in [7, 11) is 0. The van der Waals surface area contributed by atoms with Crippen LogP contribution < -0.4 is 5.32 Å². The fourth-order valence-electron chi connectivity index (χ4n) is 4.73. The highest BCUT2D eigenvalue weighted by atomic mass is 16.5. The number of nitrogens with zero attached hydrogens (tertiary/aromatic N) is 1. The van der Waals surface area contributed by atoms with Crippen molar-refractivity contribution in [2.45, 2.75) is 32.7 Å². The first-order valence-electron chi connectivity index (χ1n) is 12.4. The molecule has 3 aromatic carbocycles. The number of carbonyl (C=O) groups is 3. The summed E-state index contributed by atoms with van der Waals surface area (Å²) in [5.41, 5.74) is 4.50. The third-order valence-electron chi connectivity index (χ3n) is 6.70. The summed E-state index contributed by atoms with van der Waals surface area (Å²) in [6.07, 6.45) is -0.753. The molecular formula is C30H32N2O5. The number of carboxylic acid groups (broad SMARTS) is 1. The molecule has 0 saturated heterocycles. The van der Waals surface area contributed by atoms with Crippen LogP contribution in [0.15, 0.2) is 78.9 Å². The molecule has 0 atom stereocenters. The van der Waals surface area contributed by atoms with E-state index in [2.05, 4.69) is 29.6 Å². The van der Waals surface area contributed by atoms with Gasteiger partial charge >= 0.3 is 12.1 Å². The molecule has 0 radical (unpaired) electrons. The van der Waals surface area contributed by atoms with Gasteiger partial charge < -0.3 is 20.1 Å². The molecule has 0 unspecified atom stereocenters. The Labute approximate surface area is 217 Å². The molecule has 2 N–H and O–H groups in total. The first-order chi connectivity index (χ1) is 17.8. The van der Waals surface area contributed by atoms with Crippen molar-refractivity contribution >= 4 is 18.0 Å². The minimum Gasteiger partial charge on any atom is -0.481 e. The number of aliphatic carboxylic acids is 1. The van der Waals surface area contributed by atoms with Gasteiger partial charge in [0.1, 0.15) is 6.61 Å². The minimum atomic E-state index is -0.972. The number of amides is 2. The van der Waals surface area contributed by atoms with Gasteiger partial charge in [-0.1, -0.05) is 78.9 Å². The molecule has 37 heavy (non-hydrogen) atoms. The van der Waals surface area contributed by atoms with Crippen LogP contribution in [0.5, 0.6) is 0 Å². The number of hydrogen-bond donors (Lipinski definition) is 2. The molecule has 1 aliphatic rings. The van der Waals surface area contributed by atoms with E-state index in [0.717, 1.165) is 27.8 Å². The molecule has 7 heteroatoms. The highest BCUT2D eigenvalue weighted by Crippen LogP contribution is 2.44. The first-order valence-corrected chi connectivity index (χ1v) is 12.4. The summed E-state index contributed by atoms with van der Waals surface area (Å²) in [6.45, 7) is 4.09. The van der Waals surface area contributed by atoms with Crippen LogP contribution in [0.3, 0.4) is 0 Å². The van der Waals surface area contributed by atoms with E-state index in [1.54, 1.807) is 13.8 Å². The van der Waals surface area contributed by atoms with Crippen molar-refractivity contribution in [1.29, 1.82) is 0 Å². The standard InChI is InChI=1S/C30H32N2O5/c1-30(2,28(35)32(17-16-27(33)34)18-21-10-4-3-5-11-21)20-31-29(36)37-19-26-24-14-8-6-12-22(24)23-13-7-9-15-25(23)26/h3-15,26H,16-20H2,1-2H3,(H,31,36)(H,33,34). The normalized spacial score (nSPS) is 12.4. The first kappa shape index (κ1) is 25.9. The number of carbonyl (C=O) groups excluding carboxylic acids is 2. The van der Waals surface area contributed by atoms with Crippen molar-refractivity contribution in [3.63, 3.8) is 0 Å². The largest absolute Gasteiger partial charge is 0.481 e. The molecule has 0 aliphatic heterocycles. The summed E-state index contributed by atoms with van der Waals surface area (Å²) in [4.78, 5) is 38.7. The number of nitrogens with one attached hydrogen (secondary N) is 1. The Hall–Kier alpha value is -4.13. The molecule has 1 aliphatic carbocycles. The maximum atomic E-state index is 13.4. The SMILES string of the molecule is CC(C)(CNC(=O)OCC1c2ccccc2-c2ccccc21)C(=O)N(CCC(=O)O)Cc1ccccc1. The van der Waals surface area contributed by atoms with E-state index in [4.69, 9.17) is 9.84 Å². The maximum absolute atomic E-state index is 13.4. The second-order valence-corrected chi connectivity index (χ2v) is 9.92. The van der Waals surface area contributed by atoms with Crippen molar-refractivity contribution in [3.8, 4) is 11.1 Å². The van der Waals surface area contributed by atoms with Crippen molar-refractivity contribution in [2.75, 3.05) is 19.7 Å². The zero-order valence-corrected chi connectivity index (χ0v) is 21.1. The summed E-state index contributed by atoms with van der Waals surface area (Å²) < 4.78 is 5.60. The number of fused-ring (bicyclic) bond motifs is 3. The van der Waals surface area contributed by atoms with Gasteiger partial charge in [0.25, 0.3) is 0 Å². The van der Waals surface area contributed by atoms with Gasteiger partial charge in [0.05, 0.1) is 11.8 Å². The van der Waals surface area contributed by atoms with E-state index in [1.165, 1.54) is 4.90 Å². The summed E-state index contributed by atoms with van der Waals surface area (Å²) in [6, 6.07) is 25.7. The highest BCUT2D eigenvalue weighted by molar-refractivity contribution is 5.83. The maximum Gasteiger partial charge on any atom is 0.407 e. The Morgan fingerprint density at radius 1 is 0.892 bits per heavy atom. The third-order valence-corrected chi connectivity index (χ3v) is 6.70. The number of alkyl carbamates (subject to hydrolysis) is 1. The van der Waals surface area contributed by atoms with Crippen LogP contribution >= 0.6 is 0 Å². The van der Waals surface area contributed by atoms with Crippen LogP contribution in [-0.4, -0.2) is 47.7 Å². The van der Waals surface area contributed by atoms with E-state index >= 15 is 0 Å². The lowest BCUT2D eigenvalue weighted by Gasteiger charge is -2.32. The fourth-order valence-corrected chi connectivity index (χ4v) is 4.73. The Morgan fingerprint density at radius 3 is 2.05 bits per heavy atom. The molecule has 0 heterocycles. The second-order valence-electron chi connectivity index (χ2n) is 9.92. The molecule has 3 aromatic rings. The molecule has 0 aromatic heterocycles. The summed E-state index contributed by atoms with van der Waals surface area (Å²) >= 11 is 0. The van der Waals surface area contributed by atoms with Gasteiger partial charge in [0.15, 0.2) is 0 Å². The molecule has 4 rings (SSSR count). The van der Waals surface area contributed by atoms with Crippen LogP contribution in [0.1, 0.15) is 42.9 Å². The zero-order valence-electron chi connectivity index (χ0n) is 21.1. The number of carboxylic acids is 1. The average molecular weight is 501 g/mol. The van der Waals surface area contributed by atoms with Crippen molar-refractivity contribution in [3.05, 3.63) is 95.6 Å². The molecule has 0 saturated carbocycles. The molecule has 7 nitrogen and oxygen atoms in total. The van der Waals surface area contributed by atoms with Gasteiger partial charge in [0.2, 0.25) is 5.91 Å². The lowest BCUT2D eigenvalue weighted by atomic mass is 9.91. The fraction of sp³-hybridized carbons (Fsp3) is 0.300. The second kappa shape index (κ2) is 11.3. The summed E-state index contributed by atoms with van der Waals surface area (Å²) in [5, 5.41) is 11.9. The van der Waals surface area contributed by atoms with Crippen LogP contribution in [0.25, 0.3) is 11.1 Å². The van der Waals surface area contributed by atoms with Crippen LogP contribution in [0, 0.1) is 5.41 Å². The molecule has 0 bridgehead atoms. The Balaban J connectivity index is 1.36. The van der Waals surface area contributed by atoms with Gasteiger partial charge in [-0.3, -0.25) is 9.59 Å². The van der Waals surface area contributed by atoms with Crippen molar-refractivity contribution in [1.82, 2.24) is 10.2 Å². The van der Waals surface area contributed by atoms with Crippen molar-refractivity contribution in [2.24, 2.45) is 5.41 Å². The number of benzene rings is 3. The van der Waals surface area contributed by atoms with Crippen LogP contribution in [0.2, 0.25) is 0 Å². The third kappa shape index (κ3) is 6.17. The molecule has 192 valence electrons. The predicted octanol–water partition coefficient (Wildman–Crippen LogP) is 5.05.